The fourth-order valence-electron chi connectivity index (χ4n) is 4.92. The van der Waals surface area contributed by atoms with Crippen molar-refractivity contribution in [3.63, 3.8) is 0 Å². The first-order valence-electron chi connectivity index (χ1n) is 13.1. The molecule has 2 aliphatic heterocycles. The summed E-state index contributed by atoms with van der Waals surface area (Å²) in [6, 6.07) is 16.8. The number of piperidine rings is 1. The Kier molecular flexibility index (Phi) is 7.93. The number of hydrogen-bond acceptors (Lipinski definition) is 5. The molecule has 2 fully saturated rings. The average molecular weight is 532 g/mol. The van der Waals surface area contributed by atoms with Crippen molar-refractivity contribution < 1.29 is 14.4 Å². The fourth-order valence-corrected chi connectivity index (χ4v) is 5.54. The van der Waals surface area contributed by atoms with Crippen LogP contribution in [-0.2, 0) is 0 Å². The van der Waals surface area contributed by atoms with Crippen LogP contribution in [0.2, 0.25) is 0 Å². The van der Waals surface area contributed by atoms with Crippen LogP contribution in [0.15, 0.2) is 60.0 Å². The number of rotatable bonds is 5. The normalized spacial score (nSPS) is 15.8. The molecule has 2 N–H and O–H groups in total. The van der Waals surface area contributed by atoms with Crippen molar-refractivity contribution in [2.45, 2.75) is 26.2 Å². The maximum Gasteiger partial charge on any atom is 0.321 e. The van der Waals surface area contributed by atoms with Gasteiger partial charge in [0, 0.05) is 56.3 Å². The van der Waals surface area contributed by atoms with Gasteiger partial charge in [-0.1, -0.05) is 23.8 Å². The van der Waals surface area contributed by atoms with Crippen molar-refractivity contribution in [1.82, 2.24) is 9.80 Å². The number of likely N-dealkylation sites (tertiary alicyclic amines) is 1. The molecule has 9 heteroatoms. The van der Waals surface area contributed by atoms with Crippen LogP contribution in [0.25, 0.3) is 0 Å². The van der Waals surface area contributed by atoms with E-state index < -0.39 is 0 Å². The molecule has 2 aromatic carbocycles. The molecule has 0 aliphatic carbocycles. The minimum Gasteiger partial charge on any atom is -0.367 e. The van der Waals surface area contributed by atoms with Crippen molar-refractivity contribution in [2.24, 2.45) is 0 Å². The van der Waals surface area contributed by atoms with Crippen LogP contribution in [0.3, 0.4) is 0 Å². The van der Waals surface area contributed by atoms with Gasteiger partial charge in [-0.2, -0.15) is 0 Å². The first-order valence-corrected chi connectivity index (χ1v) is 14.0. The number of carbonyl (C=O) groups excluding carboxylic acids is 3. The minimum atomic E-state index is -0.183. The van der Waals surface area contributed by atoms with Crippen LogP contribution in [0, 0.1) is 6.92 Å². The number of hydrogen-bond donors (Lipinski definition) is 2. The second kappa shape index (κ2) is 11.7. The van der Waals surface area contributed by atoms with Crippen LogP contribution >= 0.6 is 11.3 Å². The van der Waals surface area contributed by atoms with Crippen LogP contribution in [0.1, 0.15) is 44.9 Å². The molecule has 8 nitrogen and oxygen atoms in total. The predicted octanol–water partition coefficient (Wildman–Crippen LogP) is 5.29. The lowest BCUT2D eigenvalue weighted by Gasteiger charge is -2.37. The highest BCUT2D eigenvalue weighted by Gasteiger charge is 2.27. The lowest BCUT2D eigenvalue weighted by molar-refractivity contribution is 0.0724. The summed E-state index contributed by atoms with van der Waals surface area (Å²) in [5.74, 6) is -0.191. The third-order valence-electron chi connectivity index (χ3n) is 7.08. The second-order valence-electron chi connectivity index (χ2n) is 9.79. The van der Waals surface area contributed by atoms with Crippen molar-refractivity contribution in [3.8, 4) is 0 Å². The summed E-state index contributed by atoms with van der Waals surface area (Å²) in [5, 5.41) is 7.78. The summed E-state index contributed by atoms with van der Waals surface area (Å²) in [7, 11) is 0. The van der Waals surface area contributed by atoms with Crippen molar-refractivity contribution in [1.29, 1.82) is 0 Å². The van der Waals surface area contributed by atoms with E-state index in [9.17, 15) is 14.4 Å². The number of aryl methyl sites for hydroxylation is 1. The highest BCUT2D eigenvalue weighted by molar-refractivity contribution is 7.12. The number of carbonyl (C=O) groups is 3. The zero-order chi connectivity index (χ0) is 26.5. The number of piperazine rings is 1. The third kappa shape index (κ3) is 5.99. The van der Waals surface area contributed by atoms with Crippen LogP contribution in [-0.4, -0.2) is 66.9 Å². The van der Waals surface area contributed by atoms with E-state index in [2.05, 4.69) is 15.5 Å². The second-order valence-corrected chi connectivity index (χ2v) is 10.7. The Morgan fingerprint density at radius 1 is 0.763 bits per heavy atom. The lowest BCUT2D eigenvalue weighted by atomic mass is 10.1. The Labute approximate surface area is 227 Å². The van der Waals surface area contributed by atoms with Gasteiger partial charge in [0.05, 0.1) is 10.4 Å². The molecule has 4 amide bonds. The molecule has 3 aromatic rings. The molecule has 38 heavy (non-hydrogen) atoms. The third-order valence-corrected chi connectivity index (χ3v) is 7.95. The largest absolute Gasteiger partial charge is 0.367 e. The Hall–Kier alpha value is -3.85. The van der Waals surface area contributed by atoms with Gasteiger partial charge in [-0.05, 0) is 68.0 Å². The number of thiophene rings is 1. The monoisotopic (exact) mass is 531 g/mol. The summed E-state index contributed by atoms with van der Waals surface area (Å²) in [4.78, 5) is 45.6. The number of anilines is 3. The molecule has 0 bridgehead atoms. The highest BCUT2D eigenvalue weighted by Crippen LogP contribution is 2.29. The van der Waals surface area contributed by atoms with Crippen molar-refractivity contribution >= 4 is 46.2 Å². The molecule has 2 saturated heterocycles. The zero-order valence-corrected chi connectivity index (χ0v) is 22.4. The Morgan fingerprint density at radius 3 is 2.16 bits per heavy atom. The van der Waals surface area contributed by atoms with E-state index in [-0.39, 0.29) is 17.8 Å². The smallest absolute Gasteiger partial charge is 0.321 e. The van der Waals surface area contributed by atoms with E-state index in [1.165, 1.54) is 11.3 Å². The quantitative estimate of drug-likeness (QED) is 0.469. The van der Waals surface area contributed by atoms with Crippen LogP contribution in [0.4, 0.5) is 21.9 Å². The molecule has 0 atom stereocenters. The van der Waals surface area contributed by atoms with Crippen LogP contribution in [0.5, 0.6) is 0 Å². The number of urea groups is 1. The van der Waals surface area contributed by atoms with Gasteiger partial charge in [-0.15, -0.1) is 11.3 Å². The first-order chi connectivity index (χ1) is 18.5. The van der Waals surface area contributed by atoms with Gasteiger partial charge < -0.3 is 25.3 Å². The summed E-state index contributed by atoms with van der Waals surface area (Å²) < 4.78 is 0. The van der Waals surface area contributed by atoms with Gasteiger partial charge in [0.15, 0.2) is 0 Å². The molecule has 0 saturated carbocycles. The molecular weight excluding hydrogens is 498 g/mol. The summed E-state index contributed by atoms with van der Waals surface area (Å²) in [6.07, 6.45) is 3.15. The molecule has 198 valence electrons. The van der Waals surface area contributed by atoms with Gasteiger partial charge in [-0.25, -0.2) is 4.79 Å². The maximum atomic E-state index is 13.6. The predicted molar refractivity (Wildman–Crippen MR) is 152 cm³/mol. The number of nitrogens with zero attached hydrogens (tertiary/aromatic N) is 3. The Morgan fingerprint density at radius 2 is 1.47 bits per heavy atom. The number of benzene rings is 2. The summed E-state index contributed by atoms with van der Waals surface area (Å²) in [6.45, 7) is 5.83. The van der Waals surface area contributed by atoms with Gasteiger partial charge in [0.25, 0.3) is 11.8 Å². The van der Waals surface area contributed by atoms with Crippen LogP contribution < -0.4 is 15.5 Å². The fraction of sp³-hybridized carbons (Fsp3) is 0.345. The van der Waals surface area contributed by atoms with Crippen molar-refractivity contribution in [3.05, 3.63) is 76.0 Å². The van der Waals surface area contributed by atoms with Gasteiger partial charge in [0.1, 0.15) is 0 Å². The van der Waals surface area contributed by atoms with Crippen molar-refractivity contribution in [2.75, 3.05) is 54.8 Å². The minimum absolute atomic E-state index is 0.00790. The number of amides is 4. The average Bonchev–Trinajstić information content (AvgIpc) is 3.50. The lowest BCUT2D eigenvalue weighted by Crippen LogP contribution is -2.50. The summed E-state index contributed by atoms with van der Waals surface area (Å²) in [5.41, 5.74) is 3.95. The topological polar surface area (TPSA) is 85.0 Å². The molecular formula is C29H33N5O3S. The van der Waals surface area contributed by atoms with Gasteiger partial charge in [-0.3, -0.25) is 9.59 Å². The molecule has 0 radical (unpaired) electrons. The van der Waals surface area contributed by atoms with Gasteiger partial charge in [0.2, 0.25) is 0 Å². The molecule has 3 heterocycles. The van der Waals surface area contributed by atoms with E-state index in [1.807, 2.05) is 59.7 Å². The highest BCUT2D eigenvalue weighted by atomic mass is 32.1. The van der Waals surface area contributed by atoms with E-state index in [1.54, 1.807) is 17.0 Å². The van der Waals surface area contributed by atoms with E-state index in [0.29, 0.717) is 42.3 Å². The molecule has 5 rings (SSSR count). The standard InChI is InChI=1S/C29H33N5O3S/c1-21-7-9-22(10-8-21)31-29(37)34-17-15-32(16-18-34)25-12-11-23(30-27(35)26-6-5-19-38-26)20-24(25)28(36)33-13-3-2-4-14-33/h5-12,19-20H,2-4,13-18H2,1H3,(H,30,35)(H,31,37). The molecule has 0 unspecified atom stereocenters. The Balaban J connectivity index is 1.31. The molecule has 1 aromatic heterocycles. The molecule has 0 spiro atoms. The summed E-state index contributed by atoms with van der Waals surface area (Å²) >= 11 is 1.38. The van der Waals surface area contributed by atoms with E-state index in [0.717, 1.165) is 49.3 Å². The SMILES string of the molecule is Cc1ccc(NC(=O)N2CCN(c3ccc(NC(=O)c4cccs4)cc3C(=O)N3CCCCC3)CC2)cc1. The van der Waals surface area contributed by atoms with Gasteiger partial charge >= 0.3 is 6.03 Å². The maximum absolute atomic E-state index is 13.6. The molecule has 2 aliphatic rings. The van der Waals surface area contributed by atoms with E-state index >= 15 is 0 Å². The Bertz CT molecular complexity index is 1280. The zero-order valence-electron chi connectivity index (χ0n) is 21.6. The first kappa shape index (κ1) is 25.8. The number of nitrogens with one attached hydrogen (secondary N) is 2. The van der Waals surface area contributed by atoms with E-state index in [4.69, 9.17) is 0 Å².